The first-order valence-corrected chi connectivity index (χ1v) is 7.63. The number of carboxylic acid groups (broad SMARTS) is 1. The molecule has 19 heavy (non-hydrogen) atoms. The third-order valence-corrected chi connectivity index (χ3v) is 3.93. The van der Waals surface area contributed by atoms with Crippen LogP contribution in [0.1, 0.15) is 64.7 Å². The topological polar surface area (TPSA) is 57.6 Å². The van der Waals surface area contributed by atoms with Crippen LogP contribution in [0.3, 0.4) is 0 Å². The molecule has 1 saturated carbocycles. The summed E-state index contributed by atoms with van der Waals surface area (Å²) in [6, 6.07) is 0. The predicted molar refractivity (Wildman–Crippen MR) is 74.9 cm³/mol. The average Bonchev–Trinajstić information content (AvgIpc) is 2.41. The van der Waals surface area contributed by atoms with Crippen LogP contribution in [0.2, 0.25) is 0 Å². The minimum atomic E-state index is -0.832. The predicted octanol–water partition coefficient (Wildman–Crippen LogP) is 3.06. The molecular weight excluding hydrogens is 242 g/mol. The van der Waals surface area contributed by atoms with Gasteiger partial charge in [-0.25, -0.2) is 0 Å². The Morgan fingerprint density at radius 2 is 1.79 bits per heavy atom. The van der Waals surface area contributed by atoms with E-state index in [1.54, 1.807) is 4.90 Å². The molecular formula is C15H27NO3. The Morgan fingerprint density at radius 3 is 2.37 bits per heavy atom. The van der Waals surface area contributed by atoms with Crippen LogP contribution in [0.5, 0.6) is 0 Å². The van der Waals surface area contributed by atoms with Crippen molar-refractivity contribution in [3.8, 4) is 0 Å². The summed E-state index contributed by atoms with van der Waals surface area (Å²) in [6.45, 7) is 3.05. The molecule has 0 aromatic heterocycles. The van der Waals surface area contributed by atoms with E-state index in [0.29, 0.717) is 25.4 Å². The number of amides is 1. The van der Waals surface area contributed by atoms with E-state index in [2.05, 4.69) is 0 Å². The van der Waals surface area contributed by atoms with Crippen LogP contribution < -0.4 is 0 Å². The van der Waals surface area contributed by atoms with E-state index < -0.39 is 5.97 Å². The lowest BCUT2D eigenvalue weighted by Gasteiger charge is -2.24. The zero-order valence-corrected chi connectivity index (χ0v) is 12.1. The Kier molecular flexibility index (Phi) is 7.53. The molecule has 1 aliphatic carbocycles. The van der Waals surface area contributed by atoms with Crippen molar-refractivity contribution in [1.29, 1.82) is 0 Å². The maximum absolute atomic E-state index is 12.1. The maximum atomic E-state index is 12.1. The number of carbonyl (C=O) groups excluding carboxylic acids is 1. The van der Waals surface area contributed by atoms with Crippen molar-refractivity contribution in [3.63, 3.8) is 0 Å². The summed E-state index contributed by atoms with van der Waals surface area (Å²) >= 11 is 0. The minimum Gasteiger partial charge on any atom is -0.481 e. The third kappa shape index (κ3) is 6.60. The second-order valence-electron chi connectivity index (χ2n) is 5.57. The Labute approximate surface area is 116 Å². The summed E-state index contributed by atoms with van der Waals surface area (Å²) in [5.74, 6) is 0.00973. The molecule has 0 aliphatic heterocycles. The second-order valence-corrected chi connectivity index (χ2v) is 5.57. The fraction of sp³-hybridized carbons (Fsp3) is 0.867. The highest BCUT2D eigenvalue weighted by Crippen LogP contribution is 2.27. The Balaban J connectivity index is 2.31. The van der Waals surface area contributed by atoms with Crippen LogP contribution in [0.4, 0.5) is 0 Å². The van der Waals surface area contributed by atoms with Gasteiger partial charge in [0.1, 0.15) is 0 Å². The minimum absolute atomic E-state index is 0.0508. The molecule has 1 N–H and O–H groups in total. The van der Waals surface area contributed by atoms with Crippen LogP contribution >= 0.6 is 0 Å². The first kappa shape index (κ1) is 16.0. The Morgan fingerprint density at radius 1 is 1.11 bits per heavy atom. The highest BCUT2D eigenvalue weighted by atomic mass is 16.4. The van der Waals surface area contributed by atoms with Gasteiger partial charge in [-0.05, 0) is 18.8 Å². The molecule has 1 rings (SSSR count). The van der Waals surface area contributed by atoms with Crippen molar-refractivity contribution >= 4 is 11.9 Å². The zero-order chi connectivity index (χ0) is 14.1. The molecule has 4 heteroatoms. The number of nitrogens with zero attached hydrogens (tertiary/aromatic N) is 1. The van der Waals surface area contributed by atoms with E-state index in [9.17, 15) is 9.59 Å². The first-order valence-electron chi connectivity index (χ1n) is 7.63. The SMILES string of the molecule is CCCN(CCC(=O)O)C(=O)CCC1CCCCC1. The Bertz CT molecular complexity index is 285. The molecule has 0 aromatic carbocycles. The number of aliphatic carboxylic acids is 1. The van der Waals surface area contributed by atoms with Gasteiger partial charge in [-0.15, -0.1) is 0 Å². The normalized spacial score (nSPS) is 16.3. The molecule has 0 heterocycles. The van der Waals surface area contributed by atoms with Crippen molar-refractivity contribution in [2.45, 2.75) is 64.7 Å². The zero-order valence-electron chi connectivity index (χ0n) is 12.1. The molecule has 0 bridgehead atoms. The highest BCUT2D eigenvalue weighted by Gasteiger charge is 2.18. The van der Waals surface area contributed by atoms with Crippen molar-refractivity contribution < 1.29 is 14.7 Å². The van der Waals surface area contributed by atoms with Crippen LogP contribution in [0, 0.1) is 5.92 Å². The van der Waals surface area contributed by atoms with Crippen molar-refractivity contribution in [2.75, 3.05) is 13.1 Å². The van der Waals surface area contributed by atoms with E-state index >= 15 is 0 Å². The van der Waals surface area contributed by atoms with E-state index in [0.717, 1.165) is 12.8 Å². The lowest BCUT2D eigenvalue weighted by molar-refractivity contribution is -0.138. The highest BCUT2D eigenvalue weighted by molar-refractivity contribution is 5.77. The van der Waals surface area contributed by atoms with Gasteiger partial charge in [0.15, 0.2) is 0 Å². The van der Waals surface area contributed by atoms with E-state index in [4.69, 9.17) is 5.11 Å². The van der Waals surface area contributed by atoms with E-state index in [-0.39, 0.29) is 12.3 Å². The molecule has 1 aliphatic rings. The second kappa shape index (κ2) is 8.94. The lowest BCUT2D eigenvalue weighted by Crippen LogP contribution is -2.34. The molecule has 0 unspecified atom stereocenters. The molecule has 110 valence electrons. The van der Waals surface area contributed by atoms with Gasteiger partial charge in [0.05, 0.1) is 6.42 Å². The number of rotatable bonds is 8. The summed E-state index contributed by atoms with van der Waals surface area (Å²) < 4.78 is 0. The van der Waals surface area contributed by atoms with E-state index in [1.165, 1.54) is 32.1 Å². The van der Waals surface area contributed by atoms with Gasteiger partial charge in [0.2, 0.25) is 5.91 Å². The van der Waals surface area contributed by atoms with Crippen LogP contribution in [-0.2, 0) is 9.59 Å². The molecule has 1 amide bonds. The maximum Gasteiger partial charge on any atom is 0.305 e. The molecule has 0 aromatic rings. The smallest absolute Gasteiger partial charge is 0.305 e. The summed E-state index contributed by atoms with van der Waals surface area (Å²) in [5, 5.41) is 8.71. The van der Waals surface area contributed by atoms with Crippen LogP contribution in [0.25, 0.3) is 0 Å². The number of carbonyl (C=O) groups is 2. The summed E-state index contributed by atoms with van der Waals surface area (Å²) in [4.78, 5) is 24.4. The number of hydrogen-bond acceptors (Lipinski definition) is 2. The molecule has 4 nitrogen and oxygen atoms in total. The van der Waals surface area contributed by atoms with Crippen LogP contribution in [0.15, 0.2) is 0 Å². The molecule has 0 saturated heterocycles. The van der Waals surface area contributed by atoms with Crippen LogP contribution in [-0.4, -0.2) is 35.0 Å². The number of carboxylic acids is 1. The van der Waals surface area contributed by atoms with Crippen molar-refractivity contribution in [3.05, 3.63) is 0 Å². The molecule has 0 radical (unpaired) electrons. The first-order chi connectivity index (χ1) is 9.13. The van der Waals surface area contributed by atoms with Gasteiger partial charge in [-0.2, -0.15) is 0 Å². The molecule has 0 spiro atoms. The van der Waals surface area contributed by atoms with Crippen molar-refractivity contribution in [1.82, 2.24) is 4.90 Å². The van der Waals surface area contributed by atoms with Gasteiger partial charge < -0.3 is 10.0 Å². The Hall–Kier alpha value is -1.06. The average molecular weight is 269 g/mol. The molecule has 0 atom stereocenters. The van der Waals surface area contributed by atoms with Gasteiger partial charge in [-0.3, -0.25) is 9.59 Å². The quantitative estimate of drug-likeness (QED) is 0.736. The van der Waals surface area contributed by atoms with Gasteiger partial charge in [0.25, 0.3) is 0 Å². The monoisotopic (exact) mass is 269 g/mol. The summed E-state index contributed by atoms with van der Waals surface area (Å²) in [6.07, 6.45) is 8.96. The largest absolute Gasteiger partial charge is 0.481 e. The fourth-order valence-electron chi connectivity index (χ4n) is 2.82. The van der Waals surface area contributed by atoms with E-state index in [1.807, 2.05) is 6.92 Å². The van der Waals surface area contributed by atoms with Gasteiger partial charge >= 0.3 is 5.97 Å². The van der Waals surface area contributed by atoms with Gasteiger partial charge in [-0.1, -0.05) is 39.0 Å². The molecule has 1 fully saturated rings. The summed E-state index contributed by atoms with van der Waals surface area (Å²) in [7, 11) is 0. The summed E-state index contributed by atoms with van der Waals surface area (Å²) in [5.41, 5.74) is 0. The van der Waals surface area contributed by atoms with Gasteiger partial charge in [0, 0.05) is 19.5 Å². The lowest BCUT2D eigenvalue weighted by atomic mass is 9.86. The third-order valence-electron chi connectivity index (χ3n) is 3.93. The van der Waals surface area contributed by atoms with Crippen molar-refractivity contribution in [2.24, 2.45) is 5.92 Å². The standard InChI is InChI=1S/C15H27NO3/c1-2-11-16(12-10-15(18)19)14(17)9-8-13-6-4-3-5-7-13/h13H,2-12H2,1H3,(H,18,19). The fourth-order valence-corrected chi connectivity index (χ4v) is 2.82. The number of hydrogen-bond donors (Lipinski definition) is 1.